The molecule has 0 unspecified atom stereocenters. The lowest BCUT2D eigenvalue weighted by Crippen LogP contribution is -1.99. The summed E-state index contributed by atoms with van der Waals surface area (Å²) in [5.41, 5.74) is 2.89. The Bertz CT molecular complexity index is 768. The van der Waals surface area contributed by atoms with Crippen LogP contribution in [0.5, 0.6) is 5.75 Å². The molecule has 0 aliphatic rings. The highest BCUT2D eigenvalue weighted by Crippen LogP contribution is 2.26. The van der Waals surface area contributed by atoms with Gasteiger partial charge in [-0.2, -0.15) is 0 Å². The van der Waals surface area contributed by atoms with E-state index in [0.29, 0.717) is 17.5 Å². The molecule has 3 aromatic rings. The van der Waals surface area contributed by atoms with Crippen molar-refractivity contribution in [2.75, 3.05) is 0 Å². The van der Waals surface area contributed by atoms with Crippen LogP contribution in [0.4, 0.5) is 0 Å². The molecule has 0 amide bonds. The van der Waals surface area contributed by atoms with Crippen LogP contribution in [0.25, 0.3) is 10.9 Å². The third kappa shape index (κ3) is 3.12. The van der Waals surface area contributed by atoms with Gasteiger partial charge in [0.2, 0.25) is 0 Å². The third-order valence-electron chi connectivity index (χ3n) is 3.27. The zero-order valence-corrected chi connectivity index (χ0v) is 12.7. The topological polar surface area (TPSA) is 22.1 Å². The zero-order chi connectivity index (χ0) is 14.7. The smallest absolute Gasteiger partial charge is 0.124 e. The number of alkyl halides is 1. The van der Waals surface area contributed by atoms with Crippen molar-refractivity contribution in [2.45, 2.75) is 12.5 Å². The first-order valence-corrected chi connectivity index (χ1v) is 7.49. The average Bonchev–Trinajstić information content (AvgIpc) is 2.53. The normalized spacial score (nSPS) is 10.8. The molecular weight excluding hydrogens is 305 g/mol. The van der Waals surface area contributed by atoms with Gasteiger partial charge in [0.1, 0.15) is 12.4 Å². The van der Waals surface area contributed by atoms with Crippen molar-refractivity contribution in [1.82, 2.24) is 4.98 Å². The minimum Gasteiger partial charge on any atom is -0.488 e. The first kappa shape index (κ1) is 14.2. The summed E-state index contributed by atoms with van der Waals surface area (Å²) >= 11 is 11.9. The van der Waals surface area contributed by atoms with Gasteiger partial charge in [-0.15, -0.1) is 11.6 Å². The quantitative estimate of drug-likeness (QED) is 0.616. The maximum Gasteiger partial charge on any atom is 0.124 e. The van der Waals surface area contributed by atoms with E-state index in [1.54, 1.807) is 12.3 Å². The van der Waals surface area contributed by atoms with Crippen LogP contribution in [-0.2, 0) is 12.5 Å². The van der Waals surface area contributed by atoms with Crippen molar-refractivity contribution in [3.8, 4) is 5.75 Å². The van der Waals surface area contributed by atoms with Gasteiger partial charge >= 0.3 is 0 Å². The molecule has 3 rings (SSSR count). The number of aromatic nitrogens is 1. The molecule has 0 atom stereocenters. The molecule has 21 heavy (non-hydrogen) atoms. The van der Waals surface area contributed by atoms with Gasteiger partial charge in [-0.3, -0.25) is 4.98 Å². The highest BCUT2D eigenvalue weighted by atomic mass is 35.5. The number of rotatable bonds is 4. The van der Waals surface area contributed by atoms with E-state index in [4.69, 9.17) is 27.9 Å². The summed E-state index contributed by atoms with van der Waals surface area (Å²) in [5, 5.41) is 1.76. The highest BCUT2D eigenvalue weighted by Gasteiger charge is 2.06. The molecule has 1 aromatic heterocycles. The van der Waals surface area contributed by atoms with E-state index in [2.05, 4.69) is 4.98 Å². The Morgan fingerprint density at radius 1 is 1.00 bits per heavy atom. The molecule has 2 aromatic carbocycles. The molecule has 0 N–H and O–H groups in total. The minimum atomic E-state index is 0.365. The maximum absolute atomic E-state index is 5.97. The van der Waals surface area contributed by atoms with Crippen LogP contribution >= 0.6 is 23.2 Å². The molecule has 0 saturated heterocycles. The second kappa shape index (κ2) is 6.33. The van der Waals surface area contributed by atoms with Crippen molar-refractivity contribution in [3.63, 3.8) is 0 Å². The Balaban J connectivity index is 1.87. The SMILES string of the molecule is ClCc1cc(Cl)ccc1OCc1cccc2cccnc12. The maximum atomic E-state index is 5.97. The number of hydrogen-bond acceptors (Lipinski definition) is 2. The van der Waals surface area contributed by atoms with Gasteiger partial charge in [-0.1, -0.05) is 35.9 Å². The van der Waals surface area contributed by atoms with Gasteiger partial charge in [0.25, 0.3) is 0 Å². The van der Waals surface area contributed by atoms with E-state index in [1.807, 2.05) is 42.5 Å². The highest BCUT2D eigenvalue weighted by molar-refractivity contribution is 6.30. The van der Waals surface area contributed by atoms with Crippen molar-refractivity contribution in [2.24, 2.45) is 0 Å². The fraction of sp³-hybridized carbons (Fsp3) is 0.118. The van der Waals surface area contributed by atoms with Gasteiger partial charge in [0.05, 0.1) is 11.4 Å². The van der Waals surface area contributed by atoms with E-state index in [9.17, 15) is 0 Å². The Labute approximate surface area is 133 Å². The largest absolute Gasteiger partial charge is 0.488 e. The van der Waals surface area contributed by atoms with Crippen LogP contribution in [0.1, 0.15) is 11.1 Å². The van der Waals surface area contributed by atoms with Gasteiger partial charge in [0, 0.05) is 27.7 Å². The number of fused-ring (bicyclic) bond motifs is 1. The molecule has 2 nitrogen and oxygen atoms in total. The average molecular weight is 318 g/mol. The Morgan fingerprint density at radius 3 is 2.71 bits per heavy atom. The van der Waals surface area contributed by atoms with E-state index >= 15 is 0 Å². The van der Waals surface area contributed by atoms with Crippen LogP contribution < -0.4 is 4.74 Å². The summed E-state index contributed by atoms with van der Waals surface area (Å²) in [7, 11) is 0. The Hall–Kier alpha value is -1.77. The van der Waals surface area contributed by atoms with Gasteiger partial charge in [-0.25, -0.2) is 0 Å². The van der Waals surface area contributed by atoms with Gasteiger partial charge in [0.15, 0.2) is 0 Å². The Morgan fingerprint density at radius 2 is 1.86 bits per heavy atom. The summed E-state index contributed by atoms with van der Waals surface area (Å²) in [5.74, 6) is 1.12. The molecule has 0 spiro atoms. The lowest BCUT2D eigenvalue weighted by Gasteiger charge is -2.11. The van der Waals surface area contributed by atoms with E-state index in [1.165, 1.54) is 0 Å². The molecule has 0 aliphatic heterocycles. The monoisotopic (exact) mass is 317 g/mol. The number of para-hydroxylation sites is 1. The molecule has 4 heteroatoms. The molecule has 106 valence electrons. The molecular formula is C17H13Cl2NO. The number of pyridine rings is 1. The second-order valence-electron chi connectivity index (χ2n) is 4.67. The summed E-state index contributed by atoms with van der Waals surface area (Å²) in [6.45, 7) is 0.444. The number of halogens is 2. The predicted molar refractivity (Wildman–Crippen MR) is 87.1 cm³/mol. The number of nitrogens with zero attached hydrogens (tertiary/aromatic N) is 1. The molecule has 0 radical (unpaired) electrons. The van der Waals surface area contributed by atoms with Crippen LogP contribution in [0.3, 0.4) is 0 Å². The molecule has 1 heterocycles. The first-order chi connectivity index (χ1) is 10.3. The number of benzene rings is 2. The predicted octanol–water partition coefficient (Wildman–Crippen LogP) is 5.21. The molecule has 0 fully saturated rings. The van der Waals surface area contributed by atoms with Crippen molar-refractivity contribution >= 4 is 34.1 Å². The van der Waals surface area contributed by atoms with E-state index < -0.39 is 0 Å². The van der Waals surface area contributed by atoms with Crippen LogP contribution in [-0.4, -0.2) is 4.98 Å². The lowest BCUT2D eigenvalue weighted by molar-refractivity contribution is 0.305. The summed E-state index contributed by atoms with van der Waals surface area (Å²) in [4.78, 5) is 4.42. The number of ether oxygens (including phenoxy) is 1. The Kier molecular flexibility index (Phi) is 4.28. The minimum absolute atomic E-state index is 0.365. The molecule has 0 saturated carbocycles. The summed E-state index contributed by atoms with van der Waals surface area (Å²) in [6, 6.07) is 15.5. The fourth-order valence-corrected chi connectivity index (χ4v) is 2.64. The van der Waals surface area contributed by atoms with E-state index in [-0.39, 0.29) is 0 Å². The van der Waals surface area contributed by atoms with Crippen molar-refractivity contribution in [3.05, 3.63) is 70.9 Å². The zero-order valence-electron chi connectivity index (χ0n) is 11.2. The third-order valence-corrected chi connectivity index (χ3v) is 3.79. The van der Waals surface area contributed by atoms with Crippen LogP contribution in [0.2, 0.25) is 5.02 Å². The number of hydrogen-bond donors (Lipinski definition) is 0. The fourth-order valence-electron chi connectivity index (χ4n) is 2.23. The van der Waals surface area contributed by atoms with Crippen LogP contribution in [0, 0.1) is 0 Å². The standard InChI is InChI=1S/C17H13Cl2NO/c18-10-14-9-15(19)6-7-16(14)21-11-13-4-1-3-12-5-2-8-20-17(12)13/h1-9H,10-11H2. The van der Waals surface area contributed by atoms with Gasteiger partial charge in [-0.05, 0) is 24.3 Å². The molecule has 0 aliphatic carbocycles. The van der Waals surface area contributed by atoms with Crippen molar-refractivity contribution < 1.29 is 4.74 Å². The summed E-state index contributed by atoms with van der Waals surface area (Å²) < 4.78 is 5.89. The van der Waals surface area contributed by atoms with Crippen molar-refractivity contribution in [1.29, 1.82) is 0 Å². The first-order valence-electron chi connectivity index (χ1n) is 6.58. The van der Waals surface area contributed by atoms with Crippen LogP contribution in [0.15, 0.2) is 54.7 Å². The van der Waals surface area contributed by atoms with E-state index in [0.717, 1.165) is 27.8 Å². The molecule has 0 bridgehead atoms. The second-order valence-corrected chi connectivity index (χ2v) is 5.37. The lowest BCUT2D eigenvalue weighted by atomic mass is 10.1. The van der Waals surface area contributed by atoms with Gasteiger partial charge < -0.3 is 4.74 Å². The summed E-state index contributed by atoms with van der Waals surface area (Å²) in [6.07, 6.45) is 1.79.